The van der Waals surface area contributed by atoms with Crippen molar-refractivity contribution in [3.63, 3.8) is 0 Å². The minimum Gasteiger partial charge on any atom is -0.385 e. The molecule has 0 radical (unpaired) electrons. The van der Waals surface area contributed by atoms with Crippen LogP contribution in [-0.4, -0.2) is 22.5 Å². The van der Waals surface area contributed by atoms with Crippen molar-refractivity contribution in [3.8, 4) is 0 Å². The molecule has 0 fully saturated rings. The van der Waals surface area contributed by atoms with E-state index in [2.05, 4.69) is 0 Å². The van der Waals surface area contributed by atoms with Gasteiger partial charge in [0.15, 0.2) is 0 Å². The highest BCUT2D eigenvalue weighted by molar-refractivity contribution is 6.93. The number of hydrogen-bond acceptors (Lipinski definition) is 1. The highest BCUT2D eigenvalue weighted by atomic mass is 35.6. The van der Waals surface area contributed by atoms with Crippen LogP contribution in [0.25, 0.3) is 0 Å². The summed E-state index contributed by atoms with van der Waals surface area (Å²) in [6, 6.07) is 1.20. The monoisotopic (exact) mass is 138 g/mol. The fourth-order valence-corrected chi connectivity index (χ4v) is 1.30. The van der Waals surface area contributed by atoms with Gasteiger partial charge in [-0.15, -0.1) is 0 Å². The van der Waals surface area contributed by atoms with Crippen LogP contribution in [0.3, 0.4) is 0 Å². The van der Waals surface area contributed by atoms with Crippen LogP contribution >= 0.6 is 11.1 Å². The van der Waals surface area contributed by atoms with E-state index in [1.54, 1.807) is 7.11 Å². The van der Waals surface area contributed by atoms with E-state index in [1.807, 2.05) is 0 Å². The van der Waals surface area contributed by atoms with E-state index in [-0.39, 0.29) is 8.83 Å². The molecule has 0 aromatic heterocycles. The smallest absolute Gasteiger partial charge is 0.125 e. The Kier molecular flexibility index (Phi) is 6.90. The van der Waals surface area contributed by atoms with Gasteiger partial charge in [-0.1, -0.05) is 0 Å². The van der Waals surface area contributed by atoms with Crippen molar-refractivity contribution in [3.05, 3.63) is 0 Å². The fourth-order valence-electron chi connectivity index (χ4n) is 0.341. The molecule has 0 heterocycles. The van der Waals surface area contributed by atoms with E-state index in [0.29, 0.717) is 0 Å². The normalized spacial score (nSPS) is 11.1. The van der Waals surface area contributed by atoms with Crippen LogP contribution < -0.4 is 0 Å². The van der Waals surface area contributed by atoms with E-state index >= 15 is 0 Å². The molecule has 0 spiro atoms. The topological polar surface area (TPSA) is 9.23 Å². The highest BCUT2D eigenvalue weighted by Crippen LogP contribution is 1.89. The van der Waals surface area contributed by atoms with Crippen LogP contribution in [0.2, 0.25) is 6.04 Å². The summed E-state index contributed by atoms with van der Waals surface area (Å²) < 4.78 is 4.81. The maximum absolute atomic E-state index is 5.52. The predicted octanol–water partition coefficient (Wildman–Crippen LogP) is 0.764. The number of rotatable bonds is 4. The Labute approximate surface area is 51.5 Å². The summed E-state index contributed by atoms with van der Waals surface area (Å²) in [5.41, 5.74) is 0. The van der Waals surface area contributed by atoms with Crippen molar-refractivity contribution in [1.29, 1.82) is 0 Å². The molecule has 0 saturated heterocycles. The average Bonchev–Trinajstić information content (AvgIpc) is 1.69. The second-order valence-corrected chi connectivity index (χ2v) is 3.61. The molecule has 0 aliphatic heterocycles. The lowest BCUT2D eigenvalue weighted by Crippen LogP contribution is -1.88. The molecular weight excluding hydrogens is 128 g/mol. The van der Waals surface area contributed by atoms with Gasteiger partial charge in [0.05, 0.1) is 0 Å². The van der Waals surface area contributed by atoms with Crippen molar-refractivity contribution < 1.29 is 4.74 Å². The zero-order chi connectivity index (χ0) is 5.54. The van der Waals surface area contributed by atoms with Gasteiger partial charge >= 0.3 is 0 Å². The van der Waals surface area contributed by atoms with Gasteiger partial charge in [-0.3, -0.25) is 0 Å². The number of halogens is 1. The van der Waals surface area contributed by atoms with Gasteiger partial charge in [-0.2, -0.15) is 11.1 Å². The van der Waals surface area contributed by atoms with E-state index in [1.165, 1.54) is 6.04 Å². The molecule has 0 aliphatic rings. The number of methoxy groups -OCH3 is 1. The van der Waals surface area contributed by atoms with Crippen molar-refractivity contribution in [2.75, 3.05) is 13.7 Å². The number of hydrogen-bond donors (Lipinski definition) is 0. The first kappa shape index (κ1) is 7.47. The summed E-state index contributed by atoms with van der Waals surface area (Å²) in [6.07, 6.45) is 1.15. The van der Waals surface area contributed by atoms with Crippen LogP contribution in [0.4, 0.5) is 0 Å². The van der Waals surface area contributed by atoms with Gasteiger partial charge in [-0.05, 0) is 12.5 Å². The minimum absolute atomic E-state index is 0.214. The van der Waals surface area contributed by atoms with Gasteiger partial charge in [0, 0.05) is 13.7 Å². The van der Waals surface area contributed by atoms with Crippen LogP contribution in [0, 0.1) is 0 Å². The summed E-state index contributed by atoms with van der Waals surface area (Å²) in [5.74, 6) is 0. The van der Waals surface area contributed by atoms with Crippen LogP contribution in [0.5, 0.6) is 0 Å². The molecule has 0 aromatic rings. The fraction of sp³-hybridized carbons (Fsp3) is 1.00. The molecule has 0 N–H and O–H groups in total. The van der Waals surface area contributed by atoms with E-state index < -0.39 is 0 Å². The van der Waals surface area contributed by atoms with E-state index in [9.17, 15) is 0 Å². The van der Waals surface area contributed by atoms with Crippen molar-refractivity contribution in [2.45, 2.75) is 12.5 Å². The standard InChI is InChI=1S/C4H11ClOSi/c1-6-3-2-4-7-5/h2-4,7H2,1H3. The quantitative estimate of drug-likeness (QED) is 0.317. The minimum atomic E-state index is -0.214. The second-order valence-electron chi connectivity index (χ2n) is 1.39. The first-order chi connectivity index (χ1) is 3.41. The Morgan fingerprint density at radius 2 is 2.43 bits per heavy atom. The third kappa shape index (κ3) is 6.47. The Bertz CT molecular complexity index is 30.9. The average molecular weight is 139 g/mol. The molecule has 0 rings (SSSR count). The lowest BCUT2D eigenvalue weighted by atomic mass is 10.5. The highest BCUT2D eigenvalue weighted by Gasteiger charge is 1.82. The van der Waals surface area contributed by atoms with E-state index in [4.69, 9.17) is 15.8 Å². The zero-order valence-corrected chi connectivity index (χ0v) is 6.78. The second kappa shape index (κ2) is 6.47. The molecule has 0 bridgehead atoms. The van der Waals surface area contributed by atoms with Gasteiger partial charge in [0.1, 0.15) is 8.83 Å². The summed E-state index contributed by atoms with van der Waals surface area (Å²) in [4.78, 5) is 0. The molecule has 3 heteroatoms. The van der Waals surface area contributed by atoms with Crippen LogP contribution in [-0.2, 0) is 4.74 Å². The summed E-state index contributed by atoms with van der Waals surface area (Å²) in [7, 11) is 1.50. The van der Waals surface area contributed by atoms with Crippen LogP contribution in [0.15, 0.2) is 0 Å². The van der Waals surface area contributed by atoms with Crippen molar-refractivity contribution in [1.82, 2.24) is 0 Å². The van der Waals surface area contributed by atoms with Crippen molar-refractivity contribution in [2.24, 2.45) is 0 Å². The molecule has 7 heavy (non-hydrogen) atoms. The van der Waals surface area contributed by atoms with E-state index in [0.717, 1.165) is 13.0 Å². The Morgan fingerprint density at radius 1 is 1.71 bits per heavy atom. The van der Waals surface area contributed by atoms with Gasteiger partial charge < -0.3 is 4.74 Å². The molecular formula is C4H11ClOSi. The van der Waals surface area contributed by atoms with Crippen LogP contribution in [0.1, 0.15) is 6.42 Å². The Hall–Kier alpha value is 0.467. The molecule has 0 unspecified atom stereocenters. The molecule has 0 amide bonds. The predicted molar refractivity (Wildman–Crippen MR) is 35.7 cm³/mol. The van der Waals surface area contributed by atoms with Crippen molar-refractivity contribution >= 4 is 19.9 Å². The maximum atomic E-state index is 5.52. The van der Waals surface area contributed by atoms with Gasteiger partial charge in [-0.25, -0.2) is 0 Å². The molecule has 0 aliphatic carbocycles. The third-order valence-corrected chi connectivity index (χ3v) is 2.30. The third-order valence-electron chi connectivity index (χ3n) is 0.732. The molecule has 0 saturated carbocycles. The lowest BCUT2D eigenvalue weighted by Gasteiger charge is -1.91. The Balaban J connectivity index is 2.45. The summed E-state index contributed by atoms with van der Waals surface area (Å²) >= 11 is 5.52. The maximum Gasteiger partial charge on any atom is 0.125 e. The van der Waals surface area contributed by atoms with Gasteiger partial charge in [0.25, 0.3) is 0 Å². The molecule has 44 valence electrons. The first-order valence-corrected chi connectivity index (χ1v) is 5.60. The lowest BCUT2D eigenvalue weighted by molar-refractivity contribution is 0.199. The SMILES string of the molecule is COCCC[SiH2]Cl. The first-order valence-electron chi connectivity index (χ1n) is 2.46. The summed E-state index contributed by atoms with van der Waals surface area (Å²) in [6.45, 7) is 0.875. The molecule has 1 nitrogen and oxygen atoms in total. The Morgan fingerprint density at radius 3 is 2.86 bits per heavy atom. The summed E-state index contributed by atoms with van der Waals surface area (Å²) in [5, 5.41) is 0. The zero-order valence-electron chi connectivity index (χ0n) is 4.61. The number of ether oxygens (including phenoxy) is 1. The molecule has 0 atom stereocenters. The van der Waals surface area contributed by atoms with Gasteiger partial charge in [0.2, 0.25) is 0 Å². The molecule has 0 aromatic carbocycles. The largest absolute Gasteiger partial charge is 0.385 e.